The lowest BCUT2D eigenvalue weighted by Crippen LogP contribution is -2.30. The number of fused-ring (bicyclic) bond motifs is 1. The van der Waals surface area contributed by atoms with Gasteiger partial charge in [-0.1, -0.05) is 69.0 Å². The van der Waals surface area contributed by atoms with E-state index in [4.69, 9.17) is 9.73 Å². The first-order valence-corrected chi connectivity index (χ1v) is 13.4. The molecule has 2 aromatic rings. The number of hydrogen-bond donors (Lipinski definition) is 0. The lowest BCUT2D eigenvalue weighted by atomic mass is 9.63. The monoisotopic (exact) mass is 443 g/mol. The molecule has 0 radical (unpaired) electrons. The number of benzene rings is 2. The molecule has 0 saturated heterocycles. The van der Waals surface area contributed by atoms with E-state index in [0.717, 1.165) is 35.1 Å². The molecule has 2 nitrogen and oxygen atoms in total. The molecule has 0 aromatic heterocycles. The average Bonchev–Trinajstić information content (AvgIpc) is 3.22. The van der Waals surface area contributed by atoms with Gasteiger partial charge in [0.05, 0.1) is 5.54 Å². The van der Waals surface area contributed by atoms with Crippen LogP contribution in [0.15, 0.2) is 53.5 Å². The molecule has 0 N–H and O–H groups in total. The third kappa shape index (κ3) is 5.20. The molecule has 2 aromatic carbocycles. The molecule has 0 spiro atoms. The SMILES string of the molecule is CCCCC1CC[C@@H]2C[C@H](c3ccc(-c4ccc(C5=NC(C)(C)CO5)cc4)cc3)CC[C@@H]2C1. The van der Waals surface area contributed by atoms with Gasteiger partial charge in [-0.15, -0.1) is 0 Å². The van der Waals surface area contributed by atoms with Crippen molar-refractivity contribution in [2.75, 3.05) is 6.61 Å². The van der Waals surface area contributed by atoms with Gasteiger partial charge >= 0.3 is 0 Å². The first-order valence-electron chi connectivity index (χ1n) is 13.4. The molecule has 2 heteroatoms. The smallest absolute Gasteiger partial charge is 0.216 e. The van der Waals surface area contributed by atoms with E-state index in [1.54, 1.807) is 5.56 Å². The van der Waals surface area contributed by atoms with Crippen LogP contribution in [0.3, 0.4) is 0 Å². The Balaban J connectivity index is 1.20. The lowest BCUT2D eigenvalue weighted by molar-refractivity contribution is 0.113. The van der Waals surface area contributed by atoms with Gasteiger partial charge in [0, 0.05) is 5.56 Å². The molecule has 3 aliphatic rings. The van der Waals surface area contributed by atoms with Crippen LogP contribution in [0, 0.1) is 17.8 Å². The summed E-state index contributed by atoms with van der Waals surface area (Å²) in [5.74, 6) is 4.54. The zero-order valence-corrected chi connectivity index (χ0v) is 20.9. The van der Waals surface area contributed by atoms with Gasteiger partial charge in [0.1, 0.15) is 6.61 Å². The summed E-state index contributed by atoms with van der Waals surface area (Å²) in [5.41, 5.74) is 5.07. The predicted octanol–water partition coefficient (Wildman–Crippen LogP) is 8.40. The quantitative estimate of drug-likeness (QED) is 0.439. The van der Waals surface area contributed by atoms with Crippen LogP contribution in [0.4, 0.5) is 0 Å². The summed E-state index contributed by atoms with van der Waals surface area (Å²) in [4.78, 5) is 4.70. The number of nitrogens with zero attached hydrogens (tertiary/aromatic N) is 1. The fraction of sp³-hybridized carbons (Fsp3) is 0.581. The molecule has 2 saturated carbocycles. The molecule has 5 rings (SSSR count). The Morgan fingerprint density at radius 2 is 1.45 bits per heavy atom. The van der Waals surface area contributed by atoms with Gasteiger partial charge in [0.2, 0.25) is 5.90 Å². The van der Waals surface area contributed by atoms with Crippen molar-refractivity contribution in [3.05, 3.63) is 59.7 Å². The maximum atomic E-state index is 5.79. The van der Waals surface area contributed by atoms with E-state index >= 15 is 0 Å². The van der Waals surface area contributed by atoms with Gasteiger partial charge in [0.25, 0.3) is 0 Å². The summed E-state index contributed by atoms with van der Waals surface area (Å²) in [6.45, 7) is 7.22. The summed E-state index contributed by atoms with van der Waals surface area (Å²) in [6.07, 6.45) is 13.0. The number of aliphatic imine (C=N–C) groups is 1. The van der Waals surface area contributed by atoms with E-state index in [0.29, 0.717) is 6.61 Å². The van der Waals surface area contributed by atoms with E-state index in [1.165, 1.54) is 68.9 Å². The van der Waals surface area contributed by atoms with Gasteiger partial charge in [0.15, 0.2) is 0 Å². The molecule has 1 aliphatic heterocycles. The molecule has 0 bridgehead atoms. The summed E-state index contributed by atoms with van der Waals surface area (Å²) >= 11 is 0. The Morgan fingerprint density at radius 1 is 0.818 bits per heavy atom. The molecule has 2 fully saturated rings. The zero-order chi connectivity index (χ0) is 22.8. The van der Waals surface area contributed by atoms with Gasteiger partial charge in [-0.2, -0.15) is 0 Å². The number of ether oxygens (including phenoxy) is 1. The van der Waals surface area contributed by atoms with Crippen LogP contribution in [-0.2, 0) is 4.74 Å². The molecule has 1 unspecified atom stereocenters. The van der Waals surface area contributed by atoms with Crippen LogP contribution in [0.2, 0.25) is 0 Å². The summed E-state index contributed by atoms with van der Waals surface area (Å²) in [7, 11) is 0. The number of hydrogen-bond acceptors (Lipinski definition) is 2. The second kappa shape index (κ2) is 9.65. The van der Waals surface area contributed by atoms with Crippen LogP contribution >= 0.6 is 0 Å². The third-order valence-electron chi connectivity index (χ3n) is 8.50. The zero-order valence-electron chi connectivity index (χ0n) is 20.9. The van der Waals surface area contributed by atoms with E-state index in [-0.39, 0.29) is 5.54 Å². The largest absolute Gasteiger partial charge is 0.475 e. The van der Waals surface area contributed by atoms with Gasteiger partial charge < -0.3 is 4.74 Å². The highest BCUT2D eigenvalue weighted by atomic mass is 16.5. The molecule has 176 valence electrons. The van der Waals surface area contributed by atoms with Crippen molar-refractivity contribution in [2.24, 2.45) is 22.7 Å². The Bertz CT molecular complexity index is 955. The highest BCUT2D eigenvalue weighted by Gasteiger charge is 2.35. The van der Waals surface area contributed by atoms with Crippen molar-refractivity contribution < 1.29 is 4.74 Å². The molecular weight excluding hydrogens is 402 g/mol. The minimum absolute atomic E-state index is 0.114. The normalized spacial score (nSPS) is 28.6. The van der Waals surface area contributed by atoms with Crippen molar-refractivity contribution in [1.82, 2.24) is 0 Å². The van der Waals surface area contributed by atoms with E-state index in [1.807, 2.05) is 0 Å². The Hall–Kier alpha value is -2.09. The summed E-state index contributed by atoms with van der Waals surface area (Å²) in [5, 5.41) is 0. The number of rotatable bonds is 6. The fourth-order valence-corrected chi connectivity index (χ4v) is 6.53. The Kier molecular flexibility index (Phi) is 6.63. The van der Waals surface area contributed by atoms with Gasteiger partial charge in [-0.3, -0.25) is 0 Å². The first-order chi connectivity index (χ1) is 16.0. The molecule has 2 aliphatic carbocycles. The van der Waals surface area contributed by atoms with E-state index in [2.05, 4.69) is 69.3 Å². The van der Waals surface area contributed by atoms with E-state index < -0.39 is 0 Å². The maximum absolute atomic E-state index is 5.79. The van der Waals surface area contributed by atoms with Crippen LogP contribution in [-0.4, -0.2) is 18.0 Å². The fourth-order valence-electron chi connectivity index (χ4n) is 6.53. The third-order valence-corrected chi connectivity index (χ3v) is 8.50. The maximum Gasteiger partial charge on any atom is 0.216 e. The standard InChI is InChI=1S/C31H41NO/c1-4-5-6-22-7-8-29-20-28(18-17-27(29)19-22)25-11-9-23(10-12-25)24-13-15-26(16-14-24)30-32-31(2,3)21-33-30/h9-16,22,27-29H,4-8,17-21H2,1-3H3/t22?,27-,28-,29-/m1/s1. The van der Waals surface area contributed by atoms with Crippen molar-refractivity contribution in [3.63, 3.8) is 0 Å². The van der Waals surface area contributed by atoms with Gasteiger partial charge in [-0.25, -0.2) is 4.99 Å². The number of unbranched alkanes of at least 4 members (excludes halogenated alkanes) is 1. The topological polar surface area (TPSA) is 21.6 Å². The summed E-state index contributed by atoms with van der Waals surface area (Å²) < 4.78 is 5.79. The molecule has 1 heterocycles. The lowest BCUT2D eigenvalue weighted by Gasteiger charge is -2.42. The highest BCUT2D eigenvalue weighted by Crippen LogP contribution is 2.48. The minimum Gasteiger partial charge on any atom is -0.475 e. The Morgan fingerprint density at radius 3 is 2.12 bits per heavy atom. The average molecular weight is 444 g/mol. The second-order valence-electron chi connectivity index (χ2n) is 11.6. The van der Waals surface area contributed by atoms with Crippen LogP contribution < -0.4 is 0 Å². The second-order valence-corrected chi connectivity index (χ2v) is 11.6. The van der Waals surface area contributed by atoms with Crippen molar-refractivity contribution >= 4 is 5.90 Å². The molecular formula is C31H41NO. The van der Waals surface area contributed by atoms with E-state index in [9.17, 15) is 0 Å². The molecule has 33 heavy (non-hydrogen) atoms. The Labute approximate surface area is 200 Å². The molecule has 0 amide bonds. The van der Waals surface area contributed by atoms with Crippen molar-refractivity contribution in [1.29, 1.82) is 0 Å². The summed E-state index contributed by atoms with van der Waals surface area (Å²) in [6, 6.07) is 18.1. The van der Waals surface area contributed by atoms with Crippen molar-refractivity contribution in [2.45, 2.75) is 90.0 Å². The highest BCUT2D eigenvalue weighted by molar-refractivity contribution is 5.95. The predicted molar refractivity (Wildman–Crippen MR) is 139 cm³/mol. The van der Waals surface area contributed by atoms with Crippen LogP contribution in [0.25, 0.3) is 11.1 Å². The van der Waals surface area contributed by atoms with Crippen molar-refractivity contribution in [3.8, 4) is 11.1 Å². The first kappa shape index (κ1) is 22.7. The van der Waals surface area contributed by atoms with Crippen LogP contribution in [0.1, 0.15) is 95.6 Å². The van der Waals surface area contributed by atoms with Crippen LogP contribution in [0.5, 0.6) is 0 Å². The minimum atomic E-state index is -0.114. The molecule has 4 atom stereocenters. The van der Waals surface area contributed by atoms with Gasteiger partial charge in [-0.05, 0) is 98.4 Å².